The van der Waals surface area contributed by atoms with E-state index >= 15 is 0 Å². The number of aliphatic hydroxyl groups is 1. The highest BCUT2D eigenvalue weighted by molar-refractivity contribution is 5.56. The van der Waals surface area contributed by atoms with Gasteiger partial charge in [0.1, 0.15) is 5.82 Å². The average molecular weight is 156 g/mol. The van der Waals surface area contributed by atoms with Gasteiger partial charge in [-0.1, -0.05) is 0 Å². The molecule has 4 N–H and O–H groups in total. The van der Waals surface area contributed by atoms with E-state index < -0.39 is 0 Å². The molecule has 0 aromatic carbocycles. The van der Waals surface area contributed by atoms with Crippen molar-refractivity contribution in [1.82, 2.24) is 9.55 Å². The van der Waals surface area contributed by atoms with Crippen molar-refractivity contribution >= 4 is 11.6 Å². The standard InChI is InChI=1S/C6H12N4O/c1-10-4-9-6(5(10)7)8-2-3-11/h4,8,11H,2-3,7H2,1H3. The monoisotopic (exact) mass is 156 g/mol. The second kappa shape index (κ2) is 3.25. The van der Waals surface area contributed by atoms with Gasteiger partial charge in [0.15, 0.2) is 5.82 Å². The van der Waals surface area contributed by atoms with Crippen molar-refractivity contribution in [2.24, 2.45) is 7.05 Å². The minimum Gasteiger partial charge on any atom is -0.395 e. The van der Waals surface area contributed by atoms with Gasteiger partial charge in [0.05, 0.1) is 12.9 Å². The summed E-state index contributed by atoms with van der Waals surface area (Å²) >= 11 is 0. The van der Waals surface area contributed by atoms with E-state index in [0.29, 0.717) is 18.2 Å². The quantitative estimate of drug-likeness (QED) is 0.546. The Labute approximate surface area is 64.8 Å². The second-order valence-corrected chi connectivity index (χ2v) is 2.24. The van der Waals surface area contributed by atoms with Crippen molar-refractivity contribution in [1.29, 1.82) is 0 Å². The number of hydrogen-bond donors (Lipinski definition) is 3. The third kappa shape index (κ3) is 1.62. The zero-order valence-corrected chi connectivity index (χ0v) is 6.41. The summed E-state index contributed by atoms with van der Waals surface area (Å²) in [6.45, 7) is 0.553. The van der Waals surface area contributed by atoms with Gasteiger partial charge in [-0.3, -0.25) is 0 Å². The maximum Gasteiger partial charge on any atom is 0.168 e. The number of anilines is 2. The molecule has 1 rings (SSSR count). The molecule has 0 radical (unpaired) electrons. The molecule has 62 valence electrons. The van der Waals surface area contributed by atoms with Gasteiger partial charge in [-0.2, -0.15) is 0 Å². The third-order valence-electron chi connectivity index (χ3n) is 1.39. The van der Waals surface area contributed by atoms with Gasteiger partial charge in [-0.15, -0.1) is 0 Å². The van der Waals surface area contributed by atoms with Crippen LogP contribution in [0.2, 0.25) is 0 Å². The number of nitrogen functional groups attached to an aromatic ring is 1. The van der Waals surface area contributed by atoms with Crippen molar-refractivity contribution in [3.05, 3.63) is 6.33 Å². The number of nitrogens with two attached hydrogens (primary N) is 1. The van der Waals surface area contributed by atoms with Crippen molar-refractivity contribution < 1.29 is 5.11 Å². The molecule has 0 fully saturated rings. The van der Waals surface area contributed by atoms with Crippen molar-refractivity contribution in [3.63, 3.8) is 0 Å². The first kappa shape index (κ1) is 7.87. The van der Waals surface area contributed by atoms with Gasteiger partial charge >= 0.3 is 0 Å². The zero-order valence-electron chi connectivity index (χ0n) is 6.41. The largest absolute Gasteiger partial charge is 0.395 e. The van der Waals surface area contributed by atoms with Crippen LogP contribution in [0.1, 0.15) is 0 Å². The number of aliphatic hydroxyl groups excluding tert-OH is 1. The molecule has 0 bridgehead atoms. The van der Waals surface area contributed by atoms with E-state index in [4.69, 9.17) is 10.8 Å². The molecule has 0 saturated heterocycles. The lowest BCUT2D eigenvalue weighted by atomic mass is 10.6. The number of rotatable bonds is 3. The summed E-state index contributed by atoms with van der Waals surface area (Å²) in [5, 5.41) is 11.4. The molecule has 11 heavy (non-hydrogen) atoms. The minimum atomic E-state index is 0.0794. The van der Waals surface area contributed by atoms with E-state index in [9.17, 15) is 0 Å². The van der Waals surface area contributed by atoms with E-state index in [1.807, 2.05) is 7.05 Å². The fourth-order valence-corrected chi connectivity index (χ4v) is 0.750. The van der Waals surface area contributed by atoms with Crippen molar-refractivity contribution in [2.75, 3.05) is 24.2 Å². The predicted octanol–water partition coefficient (Wildman–Crippen LogP) is -0.594. The Hall–Kier alpha value is -1.23. The Bertz CT molecular complexity index is 232. The summed E-state index contributed by atoms with van der Waals surface area (Å²) in [5.41, 5.74) is 5.60. The second-order valence-electron chi connectivity index (χ2n) is 2.24. The highest BCUT2D eigenvalue weighted by atomic mass is 16.3. The van der Waals surface area contributed by atoms with Crippen LogP contribution in [0.3, 0.4) is 0 Å². The summed E-state index contributed by atoms with van der Waals surface area (Å²) < 4.78 is 1.71. The van der Waals surface area contributed by atoms with Crippen LogP contribution in [-0.2, 0) is 7.05 Å². The first-order valence-electron chi connectivity index (χ1n) is 3.37. The van der Waals surface area contributed by atoms with E-state index in [1.165, 1.54) is 0 Å². The average Bonchev–Trinajstić information content (AvgIpc) is 2.31. The SMILES string of the molecule is Cn1cnc(NCCO)c1N. The van der Waals surface area contributed by atoms with Gasteiger partial charge < -0.3 is 20.7 Å². The molecular formula is C6H12N4O. The molecule has 5 heteroatoms. The summed E-state index contributed by atoms with van der Waals surface area (Å²) in [6, 6.07) is 0. The Kier molecular flexibility index (Phi) is 2.32. The molecule has 0 saturated carbocycles. The van der Waals surface area contributed by atoms with Crippen LogP contribution in [-0.4, -0.2) is 27.8 Å². The number of nitrogens with zero attached hydrogens (tertiary/aromatic N) is 2. The first-order valence-corrected chi connectivity index (χ1v) is 3.37. The van der Waals surface area contributed by atoms with Crippen LogP contribution >= 0.6 is 0 Å². The number of imidazole rings is 1. The highest BCUT2D eigenvalue weighted by Crippen LogP contribution is 2.12. The van der Waals surface area contributed by atoms with Crippen LogP contribution < -0.4 is 11.1 Å². The van der Waals surface area contributed by atoms with E-state index in [-0.39, 0.29) is 6.61 Å². The maximum atomic E-state index is 8.49. The lowest BCUT2D eigenvalue weighted by Gasteiger charge is -2.00. The predicted molar refractivity (Wildman–Crippen MR) is 43.2 cm³/mol. The van der Waals surface area contributed by atoms with Gasteiger partial charge in [-0.25, -0.2) is 4.98 Å². The maximum absolute atomic E-state index is 8.49. The molecule has 1 aromatic rings. The van der Waals surface area contributed by atoms with Crippen LogP contribution in [0, 0.1) is 0 Å². The molecule has 1 heterocycles. The Morgan fingerprint density at radius 3 is 3.00 bits per heavy atom. The van der Waals surface area contributed by atoms with Crippen LogP contribution in [0.4, 0.5) is 11.6 Å². The topological polar surface area (TPSA) is 76.1 Å². The van der Waals surface area contributed by atoms with Gasteiger partial charge in [0, 0.05) is 13.6 Å². The number of nitrogens with one attached hydrogen (secondary N) is 1. The van der Waals surface area contributed by atoms with Crippen LogP contribution in [0.15, 0.2) is 6.33 Å². The van der Waals surface area contributed by atoms with Gasteiger partial charge in [-0.05, 0) is 0 Å². The van der Waals surface area contributed by atoms with E-state index in [1.54, 1.807) is 10.9 Å². The Morgan fingerprint density at radius 1 is 1.82 bits per heavy atom. The molecule has 0 atom stereocenters. The molecule has 1 aromatic heterocycles. The fraction of sp³-hybridized carbons (Fsp3) is 0.500. The number of hydrogen-bond acceptors (Lipinski definition) is 4. The smallest absolute Gasteiger partial charge is 0.168 e. The van der Waals surface area contributed by atoms with Crippen molar-refractivity contribution in [2.45, 2.75) is 0 Å². The van der Waals surface area contributed by atoms with E-state index in [2.05, 4.69) is 10.3 Å². The minimum absolute atomic E-state index is 0.0794. The lowest BCUT2D eigenvalue weighted by molar-refractivity contribution is 0.311. The van der Waals surface area contributed by atoms with Gasteiger partial charge in [0.25, 0.3) is 0 Å². The van der Waals surface area contributed by atoms with E-state index in [0.717, 1.165) is 0 Å². The molecule has 0 amide bonds. The molecule has 0 spiro atoms. The Morgan fingerprint density at radius 2 is 2.55 bits per heavy atom. The lowest BCUT2D eigenvalue weighted by Crippen LogP contribution is -2.08. The molecule has 0 aliphatic carbocycles. The zero-order chi connectivity index (χ0) is 8.27. The van der Waals surface area contributed by atoms with Crippen LogP contribution in [0.5, 0.6) is 0 Å². The molecule has 0 aliphatic heterocycles. The molecule has 5 nitrogen and oxygen atoms in total. The first-order chi connectivity index (χ1) is 5.25. The highest BCUT2D eigenvalue weighted by Gasteiger charge is 2.01. The summed E-state index contributed by atoms with van der Waals surface area (Å²) in [5.74, 6) is 1.21. The summed E-state index contributed by atoms with van der Waals surface area (Å²) in [6.07, 6.45) is 1.62. The Balaban J connectivity index is 2.63. The van der Waals surface area contributed by atoms with Crippen LogP contribution in [0.25, 0.3) is 0 Å². The molecular weight excluding hydrogens is 144 g/mol. The van der Waals surface area contributed by atoms with Crippen molar-refractivity contribution in [3.8, 4) is 0 Å². The molecule has 0 aliphatic rings. The number of aryl methyl sites for hydroxylation is 1. The summed E-state index contributed by atoms with van der Waals surface area (Å²) in [7, 11) is 1.81. The third-order valence-corrected chi connectivity index (χ3v) is 1.39. The van der Waals surface area contributed by atoms with Gasteiger partial charge in [0.2, 0.25) is 0 Å². The summed E-state index contributed by atoms with van der Waals surface area (Å²) in [4.78, 5) is 3.97. The normalized spacial score (nSPS) is 10.0. The molecule has 0 unspecified atom stereocenters. The number of aromatic nitrogens is 2. The fourth-order valence-electron chi connectivity index (χ4n) is 0.750.